The van der Waals surface area contributed by atoms with Gasteiger partial charge >= 0.3 is 23.3 Å². The van der Waals surface area contributed by atoms with E-state index in [0.29, 0.717) is 10.1 Å². The van der Waals surface area contributed by atoms with Gasteiger partial charge in [-0.05, 0) is 32.4 Å². The van der Waals surface area contributed by atoms with Crippen LogP contribution in [0, 0.1) is 13.8 Å². The SMILES string of the molecule is C=CCOC[C@H]1O[C@@H](n2cc(C)c(=O)n(C(=O)c3ccccc3)c2=O)C[C@@H]1OC(=O)CCCC(=O)OC[C@H]1O[C@@H](n2cc(C)c(=O)[nH]c2=O)C[C@@H]1OCC=C. The maximum absolute atomic E-state index is 13.5. The fourth-order valence-electron chi connectivity index (χ4n) is 6.25. The molecule has 4 heterocycles. The smallest absolute Gasteiger partial charge is 0.340 e. The first-order chi connectivity index (χ1) is 26.4. The van der Waals surface area contributed by atoms with Gasteiger partial charge in [-0.1, -0.05) is 30.4 Å². The van der Waals surface area contributed by atoms with Crippen molar-refractivity contribution in [2.45, 2.75) is 82.8 Å². The van der Waals surface area contributed by atoms with Crippen molar-refractivity contribution in [2.24, 2.45) is 0 Å². The van der Waals surface area contributed by atoms with Gasteiger partial charge in [-0.15, -0.1) is 13.2 Å². The number of nitrogens with zero attached hydrogens (tertiary/aromatic N) is 3. The summed E-state index contributed by atoms with van der Waals surface area (Å²) in [5.41, 5.74) is -2.23. The molecule has 1 N–H and O–H groups in total. The van der Waals surface area contributed by atoms with Crippen LogP contribution < -0.4 is 22.5 Å². The Labute approximate surface area is 314 Å². The monoisotopic (exact) mass is 764 g/mol. The van der Waals surface area contributed by atoms with Crippen molar-refractivity contribution in [2.75, 3.05) is 26.4 Å². The van der Waals surface area contributed by atoms with Crippen molar-refractivity contribution in [3.05, 3.63) is 126 Å². The highest BCUT2D eigenvalue weighted by molar-refractivity contribution is 5.95. The predicted molar refractivity (Wildman–Crippen MR) is 195 cm³/mol. The number of hydrogen-bond donors (Lipinski definition) is 1. The summed E-state index contributed by atoms with van der Waals surface area (Å²) < 4.78 is 37.6. The Balaban J connectivity index is 1.17. The molecule has 0 amide bonds. The van der Waals surface area contributed by atoms with Crippen LogP contribution in [0.5, 0.6) is 0 Å². The zero-order valence-corrected chi connectivity index (χ0v) is 30.6. The van der Waals surface area contributed by atoms with Gasteiger partial charge in [0.2, 0.25) is 0 Å². The second-order valence-corrected chi connectivity index (χ2v) is 13.1. The zero-order chi connectivity index (χ0) is 39.6. The van der Waals surface area contributed by atoms with Crippen molar-refractivity contribution in [1.29, 1.82) is 0 Å². The number of carbonyl (C=O) groups is 3. The molecule has 2 aromatic heterocycles. The Bertz CT molecular complexity index is 2120. The lowest BCUT2D eigenvalue weighted by Crippen LogP contribution is -2.45. The number of nitrogens with one attached hydrogen (secondary N) is 1. The summed E-state index contributed by atoms with van der Waals surface area (Å²) in [5, 5.41) is 0. The van der Waals surface area contributed by atoms with E-state index in [1.54, 1.807) is 31.2 Å². The van der Waals surface area contributed by atoms with Crippen LogP contribution in [-0.4, -0.2) is 87.4 Å². The van der Waals surface area contributed by atoms with Crippen molar-refractivity contribution < 1.29 is 42.8 Å². The number of aryl methyl sites for hydroxylation is 2. The molecule has 1 aromatic carbocycles. The van der Waals surface area contributed by atoms with Crippen LogP contribution in [0.1, 0.15) is 66.0 Å². The first-order valence-corrected chi connectivity index (χ1v) is 17.8. The lowest BCUT2D eigenvalue weighted by Gasteiger charge is -2.19. The number of aromatic amines is 1. The number of esters is 2. The first kappa shape index (κ1) is 40.7. The third kappa shape index (κ3) is 9.99. The van der Waals surface area contributed by atoms with Crippen LogP contribution in [-0.2, 0) is 38.0 Å². The molecule has 2 fully saturated rings. The van der Waals surface area contributed by atoms with Gasteiger partial charge < -0.3 is 28.4 Å². The highest BCUT2D eigenvalue weighted by Gasteiger charge is 2.41. The van der Waals surface area contributed by atoms with E-state index in [1.807, 2.05) is 0 Å². The van der Waals surface area contributed by atoms with Gasteiger partial charge in [0.15, 0.2) is 0 Å². The molecule has 17 heteroatoms. The molecule has 55 heavy (non-hydrogen) atoms. The van der Waals surface area contributed by atoms with E-state index in [-0.39, 0.29) is 69.7 Å². The number of aromatic nitrogens is 4. The Kier molecular flexibility index (Phi) is 13.8. The Hall–Kier alpha value is -5.49. The summed E-state index contributed by atoms with van der Waals surface area (Å²) in [6.45, 7) is 10.5. The van der Waals surface area contributed by atoms with Crippen LogP contribution in [0.2, 0.25) is 0 Å². The van der Waals surface area contributed by atoms with E-state index in [0.717, 1.165) is 4.57 Å². The van der Waals surface area contributed by atoms with Crippen molar-refractivity contribution in [1.82, 2.24) is 18.7 Å². The molecule has 0 aliphatic carbocycles. The average Bonchev–Trinajstić information content (AvgIpc) is 3.76. The molecule has 0 unspecified atom stereocenters. The lowest BCUT2D eigenvalue weighted by molar-refractivity contribution is -0.154. The largest absolute Gasteiger partial charge is 0.463 e. The molecule has 0 spiro atoms. The number of hydrogen-bond acceptors (Lipinski definition) is 13. The third-order valence-corrected chi connectivity index (χ3v) is 9.04. The quantitative estimate of drug-likeness (QED) is 0.119. The van der Waals surface area contributed by atoms with Gasteiger partial charge in [0.1, 0.15) is 37.4 Å². The van der Waals surface area contributed by atoms with Crippen LogP contribution in [0.3, 0.4) is 0 Å². The molecule has 0 saturated carbocycles. The lowest BCUT2D eigenvalue weighted by atomic mass is 10.1. The van der Waals surface area contributed by atoms with E-state index < -0.39 is 77.2 Å². The van der Waals surface area contributed by atoms with Crippen LogP contribution in [0.25, 0.3) is 0 Å². The summed E-state index contributed by atoms with van der Waals surface area (Å²) in [7, 11) is 0. The molecule has 0 radical (unpaired) electrons. The second kappa shape index (κ2) is 18.7. The van der Waals surface area contributed by atoms with Crippen LogP contribution in [0.15, 0.2) is 87.2 Å². The van der Waals surface area contributed by atoms with Crippen molar-refractivity contribution in [3.8, 4) is 0 Å². The molecule has 0 bridgehead atoms. The molecule has 2 aliphatic rings. The van der Waals surface area contributed by atoms with Gasteiger partial charge in [-0.2, -0.15) is 4.57 Å². The molecular formula is C38H44N4O13. The highest BCUT2D eigenvalue weighted by Crippen LogP contribution is 2.32. The van der Waals surface area contributed by atoms with Gasteiger partial charge in [-0.3, -0.25) is 38.1 Å². The normalized spacial score (nSPS) is 21.9. The summed E-state index contributed by atoms with van der Waals surface area (Å²) in [6.07, 6.45) is 1.15. The van der Waals surface area contributed by atoms with Gasteiger partial charge in [0.05, 0.1) is 25.9 Å². The number of ether oxygens (including phenoxy) is 6. The van der Waals surface area contributed by atoms with E-state index in [4.69, 9.17) is 28.4 Å². The maximum Gasteiger partial charge on any atom is 0.340 e. The van der Waals surface area contributed by atoms with Crippen LogP contribution >= 0.6 is 0 Å². The highest BCUT2D eigenvalue weighted by atomic mass is 16.6. The third-order valence-electron chi connectivity index (χ3n) is 9.04. The van der Waals surface area contributed by atoms with Gasteiger partial charge in [-0.25, -0.2) is 9.59 Å². The molecular weight excluding hydrogens is 720 g/mol. The predicted octanol–water partition coefficient (Wildman–Crippen LogP) is 1.84. The van der Waals surface area contributed by atoms with E-state index in [2.05, 4.69) is 18.1 Å². The second-order valence-electron chi connectivity index (χ2n) is 13.1. The maximum atomic E-state index is 13.5. The number of H-pyrrole nitrogens is 1. The summed E-state index contributed by atoms with van der Waals surface area (Å²) in [5.74, 6) is -2.03. The van der Waals surface area contributed by atoms with E-state index >= 15 is 0 Å². The fraction of sp³-hybridized carbons (Fsp3) is 0.447. The molecule has 294 valence electrons. The van der Waals surface area contributed by atoms with Crippen molar-refractivity contribution in [3.63, 3.8) is 0 Å². The minimum atomic E-state index is -1.00. The van der Waals surface area contributed by atoms with Gasteiger partial charge in [0, 0.05) is 54.8 Å². The van der Waals surface area contributed by atoms with E-state index in [9.17, 15) is 33.6 Å². The van der Waals surface area contributed by atoms with Crippen LogP contribution in [0.4, 0.5) is 0 Å². The number of rotatable bonds is 17. The van der Waals surface area contributed by atoms with Crippen molar-refractivity contribution >= 4 is 17.8 Å². The fourth-order valence-corrected chi connectivity index (χ4v) is 6.25. The molecule has 2 aliphatic heterocycles. The molecule has 5 rings (SSSR count). The standard InChI is InChI=1S/C38H44N4O13/c1-5-15-50-21-28-27(18-31(53-28)41-20-24(4)35(46)42(38(41)49)36(47)25-11-8-7-9-12-25)55-33(44)14-10-13-32(43)52-22-29-26(51-16-6-2)17-30(54-29)40-19-23(3)34(45)39-37(40)48/h5-9,11-12,19-20,26-31H,1-2,10,13-18,21-22H2,3-4H3,(H,39,45,48)/t26-,27-,28+,29+,30+,31+/m0/s1. The average molecular weight is 765 g/mol. The molecule has 2 saturated heterocycles. The summed E-state index contributed by atoms with van der Waals surface area (Å²) in [6, 6.07) is 7.91. The Morgan fingerprint density at radius 2 is 1.47 bits per heavy atom. The first-order valence-electron chi connectivity index (χ1n) is 17.8. The molecule has 3 aromatic rings. The zero-order valence-electron chi connectivity index (χ0n) is 30.6. The molecule has 17 nitrogen and oxygen atoms in total. The minimum Gasteiger partial charge on any atom is -0.463 e. The van der Waals surface area contributed by atoms with Gasteiger partial charge in [0.25, 0.3) is 17.0 Å². The Morgan fingerprint density at radius 3 is 2.18 bits per heavy atom. The number of carbonyl (C=O) groups excluding carboxylic acids is 3. The molecule has 6 atom stereocenters. The van der Waals surface area contributed by atoms with E-state index in [1.165, 1.54) is 42.1 Å². The summed E-state index contributed by atoms with van der Waals surface area (Å²) in [4.78, 5) is 91.8. The number of benzene rings is 1. The minimum absolute atomic E-state index is 0.00913. The Morgan fingerprint density at radius 1 is 0.836 bits per heavy atom. The topological polar surface area (TPSA) is 205 Å². The summed E-state index contributed by atoms with van der Waals surface area (Å²) >= 11 is 0.